The lowest BCUT2D eigenvalue weighted by Gasteiger charge is -2.58. The maximum absolute atomic E-state index is 12.2. The summed E-state index contributed by atoms with van der Waals surface area (Å²) in [5.41, 5.74) is 0. The van der Waals surface area contributed by atoms with E-state index >= 15 is 0 Å². The highest BCUT2D eigenvalue weighted by Crippen LogP contribution is 2.44. The third-order valence-corrected chi connectivity index (χ3v) is 5.92. The van der Waals surface area contributed by atoms with Crippen molar-refractivity contribution >= 4 is 5.91 Å². The van der Waals surface area contributed by atoms with E-state index in [1.165, 1.54) is 38.8 Å². The van der Waals surface area contributed by atoms with Crippen molar-refractivity contribution in [1.29, 1.82) is 0 Å². The van der Waals surface area contributed by atoms with E-state index in [1.54, 1.807) is 0 Å². The summed E-state index contributed by atoms with van der Waals surface area (Å²) in [5, 5.41) is 9.95. The number of nitrogens with zero attached hydrogens (tertiary/aromatic N) is 2. The Labute approximate surface area is 114 Å². The highest BCUT2D eigenvalue weighted by atomic mass is 16.3. The van der Waals surface area contributed by atoms with Crippen LogP contribution in [-0.4, -0.2) is 58.6 Å². The van der Waals surface area contributed by atoms with Crippen LogP contribution in [0.15, 0.2) is 0 Å². The van der Waals surface area contributed by atoms with Gasteiger partial charge in [-0.3, -0.25) is 9.69 Å². The molecule has 4 fully saturated rings. The summed E-state index contributed by atoms with van der Waals surface area (Å²) in [6, 6.07) is 1.01. The molecule has 4 saturated heterocycles. The van der Waals surface area contributed by atoms with Crippen molar-refractivity contribution in [3.05, 3.63) is 0 Å². The van der Waals surface area contributed by atoms with Crippen LogP contribution in [0.4, 0.5) is 0 Å². The van der Waals surface area contributed by atoms with Gasteiger partial charge in [-0.25, -0.2) is 0 Å². The quantitative estimate of drug-likeness (QED) is 0.705. The molecule has 0 saturated carbocycles. The Kier molecular flexibility index (Phi) is 2.85. The number of hydrogen-bond acceptors (Lipinski definition) is 3. The van der Waals surface area contributed by atoms with E-state index in [4.69, 9.17) is 0 Å². The Morgan fingerprint density at radius 1 is 1.16 bits per heavy atom. The lowest BCUT2D eigenvalue weighted by Crippen LogP contribution is -2.67. The Morgan fingerprint density at radius 3 is 2.79 bits per heavy atom. The Hall–Kier alpha value is -0.610. The van der Waals surface area contributed by atoms with Gasteiger partial charge in [0.2, 0.25) is 5.91 Å². The van der Waals surface area contributed by atoms with E-state index in [0.717, 1.165) is 13.0 Å². The fourth-order valence-electron chi connectivity index (χ4n) is 5.26. The smallest absolute Gasteiger partial charge is 0.225 e. The SMILES string of the molecule is O=C1C[C@H](O)C[C@@H]2[C@H]3CCCN4CCC[C@@H](CN12)[C@H]34. The van der Waals surface area contributed by atoms with Gasteiger partial charge in [-0.2, -0.15) is 0 Å². The maximum Gasteiger partial charge on any atom is 0.225 e. The monoisotopic (exact) mass is 264 g/mol. The van der Waals surface area contributed by atoms with Crippen LogP contribution in [0.25, 0.3) is 0 Å². The molecule has 0 aromatic carbocycles. The zero-order chi connectivity index (χ0) is 13.0. The second kappa shape index (κ2) is 4.45. The maximum atomic E-state index is 12.2. The van der Waals surface area contributed by atoms with Crippen molar-refractivity contribution in [2.45, 2.75) is 56.7 Å². The van der Waals surface area contributed by atoms with Crippen LogP contribution in [0.5, 0.6) is 0 Å². The first-order valence-electron chi connectivity index (χ1n) is 7.95. The molecule has 1 amide bonds. The molecule has 0 unspecified atom stereocenters. The topological polar surface area (TPSA) is 43.8 Å². The Bertz CT molecular complexity index is 384. The summed E-state index contributed by atoms with van der Waals surface area (Å²) in [6.07, 6.45) is 5.86. The standard InChI is InChI=1S/C15H24N2O2/c18-11-7-13-12-4-2-6-16-5-1-3-10(15(12)16)9-17(13)14(19)8-11/h10-13,15,18H,1-9H2/t10-,11+,12+,13+,15+/m0/s1. The zero-order valence-electron chi connectivity index (χ0n) is 11.5. The van der Waals surface area contributed by atoms with Gasteiger partial charge in [0.15, 0.2) is 0 Å². The second-order valence-electron chi connectivity index (χ2n) is 6.94. The highest BCUT2D eigenvalue weighted by molar-refractivity contribution is 5.78. The van der Waals surface area contributed by atoms with Crippen LogP contribution in [-0.2, 0) is 4.79 Å². The van der Waals surface area contributed by atoms with Gasteiger partial charge in [0.25, 0.3) is 0 Å². The number of rotatable bonds is 0. The van der Waals surface area contributed by atoms with Crippen molar-refractivity contribution in [3.63, 3.8) is 0 Å². The largest absolute Gasteiger partial charge is 0.393 e. The van der Waals surface area contributed by atoms with E-state index in [0.29, 0.717) is 30.3 Å². The molecule has 4 nitrogen and oxygen atoms in total. The van der Waals surface area contributed by atoms with Crippen LogP contribution >= 0.6 is 0 Å². The second-order valence-corrected chi connectivity index (χ2v) is 6.94. The average molecular weight is 264 g/mol. The first-order chi connectivity index (χ1) is 9.24. The molecule has 0 spiro atoms. The first-order valence-corrected chi connectivity index (χ1v) is 7.95. The predicted octanol–water partition coefficient (Wildman–Crippen LogP) is 0.842. The van der Waals surface area contributed by atoms with E-state index in [1.807, 2.05) is 0 Å². The van der Waals surface area contributed by atoms with Gasteiger partial charge in [-0.05, 0) is 57.0 Å². The van der Waals surface area contributed by atoms with Crippen LogP contribution in [0.1, 0.15) is 38.5 Å². The summed E-state index contributed by atoms with van der Waals surface area (Å²) in [7, 11) is 0. The molecule has 0 bridgehead atoms. The minimum atomic E-state index is -0.399. The lowest BCUT2D eigenvalue weighted by molar-refractivity contribution is -0.157. The van der Waals surface area contributed by atoms with Gasteiger partial charge in [-0.1, -0.05) is 0 Å². The van der Waals surface area contributed by atoms with E-state index in [-0.39, 0.29) is 5.91 Å². The molecule has 19 heavy (non-hydrogen) atoms. The van der Waals surface area contributed by atoms with Crippen LogP contribution in [0.3, 0.4) is 0 Å². The molecule has 5 atom stereocenters. The van der Waals surface area contributed by atoms with Crippen molar-refractivity contribution in [3.8, 4) is 0 Å². The number of carbonyl (C=O) groups is 1. The number of piperidine rings is 4. The molecule has 4 heterocycles. The fourth-order valence-corrected chi connectivity index (χ4v) is 5.26. The molecule has 0 aliphatic carbocycles. The van der Waals surface area contributed by atoms with Crippen molar-refractivity contribution in [2.24, 2.45) is 11.8 Å². The van der Waals surface area contributed by atoms with Crippen molar-refractivity contribution in [1.82, 2.24) is 9.80 Å². The minimum Gasteiger partial charge on any atom is -0.393 e. The Morgan fingerprint density at radius 2 is 1.95 bits per heavy atom. The highest BCUT2D eigenvalue weighted by Gasteiger charge is 2.51. The molecule has 4 aliphatic heterocycles. The molecule has 4 rings (SSSR count). The normalized spacial score (nSPS) is 46.7. The van der Waals surface area contributed by atoms with Crippen LogP contribution in [0.2, 0.25) is 0 Å². The average Bonchev–Trinajstić information content (AvgIpc) is 2.41. The molecular weight excluding hydrogens is 240 g/mol. The number of carbonyl (C=O) groups excluding carboxylic acids is 1. The van der Waals surface area contributed by atoms with Gasteiger partial charge in [0, 0.05) is 18.6 Å². The third-order valence-electron chi connectivity index (χ3n) is 5.92. The van der Waals surface area contributed by atoms with Crippen LogP contribution in [0, 0.1) is 11.8 Å². The Balaban J connectivity index is 1.65. The van der Waals surface area contributed by atoms with Crippen molar-refractivity contribution < 1.29 is 9.90 Å². The zero-order valence-corrected chi connectivity index (χ0v) is 11.5. The van der Waals surface area contributed by atoms with Gasteiger partial charge < -0.3 is 10.0 Å². The van der Waals surface area contributed by atoms with Crippen LogP contribution < -0.4 is 0 Å². The molecule has 1 N–H and O–H groups in total. The molecular formula is C15H24N2O2. The van der Waals surface area contributed by atoms with E-state index in [2.05, 4.69) is 9.80 Å². The molecule has 0 radical (unpaired) electrons. The summed E-state index contributed by atoms with van der Waals surface area (Å²) in [6.45, 7) is 3.45. The number of aliphatic hydroxyl groups is 1. The summed E-state index contributed by atoms with van der Waals surface area (Å²) in [5.74, 6) is 1.51. The summed E-state index contributed by atoms with van der Waals surface area (Å²) < 4.78 is 0. The molecule has 106 valence electrons. The van der Waals surface area contributed by atoms with E-state index < -0.39 is 6.10 Å². The van der Waals surface area contributed by atoms with E-state index in [9.17, 15) is 9.90 Å². The molecule has 0 aromatic heterocycles. The summed E-state index contributed by atoms with van der Waals surface area (Å²) in [4.78, 5) is 17.0. The van der Waals surface area contributed by atoms with Crippen molar-refractivity contribution in [2.75, 3.05) is 19.6 Å². The third kappa shape index (κ3) is 1.83. The molecule has 0 aromatic rings. The number of hydrogen-bond donors (Lipinski definition) is 1. The predicted molar refractivity (Wildman–Crippen MR) is 71.6 cm³/mol. The number of fused-ring (bicyclic) bond motifs is 2. The molecule has 4 aliphatic rings. The minimum absolute atomic E-state index is 0.199. The summed E-state index contributed by atoms with van der Waals surface area (Å²) >= 11 is 0. The molecule has 4 heteroatoms. The van der Waals surface area contributed by atoms with Gasteiger partial charge >= 0.3 is 0 Å². The number of aliphatic hydroxyl groups excluding tert-OH is 1. The first kappa shape index (κ1) is 12.2. The van der Waals surface area contributed by atoms with Gasteiger partial charge in [0.1, 0.15) is 0 Å². The fraction of sp³-hybridized carbons (Fsp3) is 0.933. The number of amides is 1. The lowest BCUT2D eigenvalue weighted by atomic mass is 9.68. The van der Waals surface area contributed by atoms with Gasteiger partial charge in [-0.15, -0.1) is 0 Å². The van der Waals surface area contributed by atoms with Gasteiger partial charge in [0.05, 0.1) is 12.5 Å².